The van der Waals surface area contributed by atoms with Crippen LogP contribution in [-0.4, -0.2) is 10.9 Å². The van der Waals surface area contributed by atoms with Crippen molar-refractivity contribution in [2.45, 2.75) is 6.92 Å². The summed E-state index contributed by atoms with van der Waals surface area (Å²) in [6.07, 6.45) is 3.21. The normalized spacial score (nSPS) is 10.0. The van der Waals surface area contributed by atoms with E-state index in [1.807, 2.05) is 25.1 Å². The molecule has 0 unspecified atom stereocenters. The van der Waals surface area contributed by atoms with E-state index < -0.39 is 0 Å². The van der Waals surface area contributed by atoms with Crippen molar-refractivity contribution in [3.63, 3.8) is 0 Å². The Kier molecular flexibility index (Phi) is 3.73. The summed E-state index contributed by atoms with van der Waals surface area (Å²) in [5.74, 6) is -0.118. The van der Waals surface area contributed by atoms with Crippen LogP contribution in [0.25, 0.3) is 0 Å². The van der Waals surface area contributed by atoms with Crippen LogP contribution in [0.5, 0.6) is 0 Å². The molecule has 1 aromatic carbocycles. The third-order valence-electron chi connectivity index (χ3n) is 2.37. The Labute approximate surface area is 113 Å². The minimum Gasteiger partial charge on any atom is -0.322 e. The van der Waals surface area contributed by atoms with Gasteiger partial charge in [-0.2, -0.15) is 0 Å². The Bertz CT molecular complexity index is 540. The molecule has 2 rings (SSSR count). The van der Waals surface area contributed by atoms with Crippen LogP contribution in [0.4, 0.5) is 5.69 Å². The lowest BCUT2D eigenvalue weighted by Gasteiger charge is -2.06. The average Bonchev–Trinajstić information content (AvgIpc) is 2.35. The summed E-state index contributed by atoms with van der Waals surface area (Å²) >= 11 is 2.25. The second-order valence-corrected chi connectivity index (χ2v) is 4.82. The number of carbonyl (C=O) groups is 1. The van der Waals surface area contributed by atoms with E-state index in [0.29, 0.717) is 5.56 Å². The summed E-state index contributed by atoms with van der Waals surface area (Å²) in [6.45, 7) is 2.04. The van der Waals surface area contributed by atoms with Gasteiger partial charge in [0.25, 0.3) is 5.91 Å². The molecule has 0 atom stereocenters. The lowest BCUT2D eigenvalue weighted by molar-refractivity contribution is 0.102. The maximum absolute atomic E-state index is 11.9. The Morgan fingerprint density at radius 1 is 1.24 bits per heavy atom. The summed E-state index contributed by atoms with van der Waals surface area (Å²) in [6, 6.07) is 9.22. The maximum atomic E-state index is 11.9. The highest BCUT2D eigenvalue weighted by molar-refractivity contribution is 14.1. The predicted octanol–water partition coefficient (Wildman–Crippen LogP) is 3.25. The van der Waals surface area contributed by atoms with Crippen LogP contribution in [0.1, 0.15) is 15.9 Å². The number of rotatable bonds is 2. The minimum atomic E-state index is -0.118. The second kappa shape index (κ2) is 5.27. The van der Waals surface area contributed by atoms with Crippen molar-refractivity contribution in [3.8, 4) is 0 Å². The molecule has 0 aliphatic heterocycles. The molecule has 1 N–H and O–H groups in total. The van der Waals surface area contributed by atoms with Gasteiger partial charge in [0.05, 0.1) is 0 Å². The number of hydrogen-bond acceptors (Lipinski definition) is 2. The summed E-state index contributed by atoms with van der Waals surface area (Å²) in [4.78, 5) is 15.7. The molecule has 0 bridgehead atoms. The first-order valence-electron chi connectivity index (χ1n) is 5.14. The number of hydrogen-bond donors (Lipinski definition) is 1. The number of pyridine rings is 1. The number of amides is 1. The molecule has 1 amide bonds. The summed E-state index contributed by atoms with van der Waals surface area (Å²) in [7, 11) is 0. The van der Waals surface area contributed by atoms with Crippen molar-refractivity contribution in [3.05, 3.63) is 57.4 Å². The third-order valence-corrected chi connectivity index (χ3v) is 3.53. The third kappa shape index (κ3) is 3.03. The van der Waals surface area contributed by atoms with Crippen molar-refractivity contribution in [2.75, 3.05) is 5.32 Å². The maximum Gasteiger partial charge on any atom is 0.255 e. The lowest BCUT2D eigenvalue weighted by atomic mass is 10.2. The van der Waals surface area contributed by atoms with Gasteiger partial charge in [-0.1, -0.05) is 6.07 Å². The minimum absolute atomic E-state index is 0.118. The lowest BCUT2D eigenvalue weighted by Crippen LogP contribution is -2.11. The van der Waals surface area contributed by atoms with Gasteiger partial charge in [-0.05, 0) is 59.3 Å². The number of aromatic nitrogens is 1. The van der Waals surface area contributed by atoms with Crippen molar-refractivity contribution in [1.82, 2.24) is 4.98 Å². The van der Waals surface area contributed by atoms with Crippen LogP contribution in [0.3, 0.4) is 0 Å². The highest BCUT2D eigenvalue weighted by Gasteiger charge is 2.05. The number of anilines is 1. The van der Waals surface area contributed by atoms with Crippen LogP contribution in [-0.2, 0) is 0 Å². The van der Waals surface area contributed by atoms with E-state index in [9.17, 15) is 4.79 Å². The van der Waals surface area contributed by atoms with Gasteiger partial charge in [0.15, 0.2) is 0 Å². The number of nitrogens with zero attached hydrogens (tertiary/aromatic N) is 1. The summed E-state index contributed by atoms with van der Waals surface area (Å²) < 4.78 is 1.13. The topological polar surface area (TPSA) is 42.0 Å². The number of nitrogens with one attached hydrogen (secondary N) is 1. The molecule has 1 aromatic heterocycles. The van der Waals surface area contributed by atoms with E-state index in [-0.39, 0.29) is 5.91 Å². The monoisotopic (exact) mass is 338 g/mol. The molecule has 2 aromatic rings. The van der Waals surface area contributed by atoms with Crippen molar-refractivity contribution in [1.29, 1.82) is 0 Å². The zero-order chi connectivity index (χ0) is 12.3. The summed E-state index contributed by atoms with van der Waals surface area (Å²) in [5, 5.41) is 2.85. The highest BCUT2D eigenvalue weighted by Crippen LogP contribution is 2.17. The molecule has 1 heterocycles. The van der Waals surface area contributed by atoms with Crippen LogP contribution >= 0.6 is 22.6 Å². The number of aryl methyl sites for hydroxylation is 1. The molecule has 0 saturated heterocycles. The standard InChI is InChI=1S/C13H11IN2O/c1-9-2-3-11(8-12(9)14)16-13(17)10-4-6-15-7-5-10/h2-8H,1H3,(H,16,17). The van der Waals surface area contributed by atoms with Gasteiger partial charge in [0.1, 0.15) is 0 Å². The van der Waals surface area contributed by atoms with E-state index in [1.165, 1.54) is 5.56 Å². The molecule has 0 aliphatic rings. The number of halogens is 1. The molecule has 0 fully saturated rings. The van der Waals surface area contributed by atoms with E-state index >= 15 is 0 Å². The molecular weight excluding hydrogens is 327 g/mol. The molecule has 0 aliphatic carbocycles. The van der Waals surface area contributed by atoms with Gasteiger partial charge in [-0.15, -0.1) is 0 Å². The molecule has 17 heavy (non-hydrogen) atoms. The molecule has 4 heteroatoms. The number of carbonyl (C=O) groups excluding carboxylic acids is 1. The summed E-state index contributed by atoms with van der Waals surface area (Å²) in [5.41, 5.74) is 2.62. The highest BCUT2D eigenvalue weighted by atomic mass is 127. The average molecular weight is 338 g/mol. The zero-order valence-corrected chi connectivity index (χ0v) is 11.4. The van der Waals surface area contributed by atoms with Gasteiger partial charge in [0, 0.05) is 27.2 Å². The largest absolute Gasteiger partial charge is 0.322 e. The molecule has 0 spiro atoms. The van der Waals surface area contributed by atoms with E-state index in [4.69, 9.17) is 0 Å². The van der Waals surface area contributed by atoms with Crippen LogP contribution in [0.15, 0.2) is 42.7 Å². The molecule has 86 valence electrons. The van der Waals surface area contributed by atoms with Gasteiger partial charge >= 0.3 is 0 Å². The fourth-order valence-electron chi connectivity index (χ4n) is 1.38. The first-order valence-corrected chi connectivity index (χ1v) is 6.22. The van der Waals surface area contributed by atoms with Crippen molar-refractivity contribution < 1.29 is 4.79 Å². The van der Waals surface area contributed by atoms with Crippen LogP contribution in [0, 0.1) is 10.5 Å². The van der Waals surface area contributed by atoms with Gasteiger partial charge < -0.3 is 5.32 Å². The zero-order valence-electron chi connectivity index (χ0n) is 9.27. The van der Waals surface area contributed by atoms with Gasteiger partial charge in [-0.25, -0.2) is 0 Å². The molecular formula is C13H11IN2O. The first-order chi connectivity index (χ1) is 8.16. The van der Waals surface area contributed by atoms with Gasteiger partial charge in [-0.3, -0.25) is 9.78 Å². The molecule has 0 radical (unpaired) electrons. The van der Waals surface area contributed by atoms with Crippen LogP contribution < -0.4 is 5.32 Å². The Balaban J connectivity index is 2.16. The Morgan fingerprint density at radius 3 is 2.59 bits per heavy atom. The van der Waals surface area contributed by atoms with Crippen molar-refractivity contribution in [2.24, 2.45) is 0 Å². The second-order valence-electron chi connectivity index (χ2n) is 3.65. The Hall–Kier alpha value is -1.43. The van der Waals surface area contributed by atoms with Gasteiger partial charge in [0.2, 0.25) is 0 Å². The fraction of sp³-hybridized carbons (Fsp3) is 0.0769. The van der Waals surface area contributed by atoms with E-state index in [2.05, 4.69) is 32.9 Å². The SMILES string of the molecule is Cc1ccc(NC(=O)c2ccncc2)cc1I. The fourth-order valence-corrected chi connectivity index (χ4v) is 1.89. The molecule has 0 saturated carbocycles. The quantitative estimate of drug-likeness (QED) is 0.854. The van der Waals surface area contributed by atoms with Crippen LogP contribution in [0.2, 0.25) is 0 Å². The Morgan fingerprint density at radius 2 is 1.94 bits per heavy atom. The van der Waals surface area contributed by atoms with E-state index in [1.54, 1.807) is 24.5 Å². The van der Waals surface area contributed by atoms with E-state index in [0.717, 1.165) is 9.26 Å². The first kappa shape index (κ1) is 12.0. The smallest absolute Gasteiger partial charge is 0.255 e. The predicted molar refractivity (Wildman–Crippen MR) is 76.1 cm³/mol. The molecule has 3 nitrogen and oxygen atoms in total. The number of benzene rings is 1. The van der Waals surface area contributed by atoms with Crippen molar-refractivity contribution >= 4 is 34.2 Å².